The predicted molar refractivity (Wildman–Crippen MR) is 107 cm³/mol. The number of nitrogens with zero attached hydrogens (tertiary/aromatic N) is 2. The molecule has 7 heteroatoms. The topological polar surface area (TPSA) is 46.1 Å². The molecule has 2 aromatic carbocycles. The van der Waals surface area contributed by atoms with Gasteiger partial charge in [-0.15, -0.1) is 0 Å². The lowest BCUT2D eigenvalue weighted by Gasteiger charge is -2.22. The molecule has 5 nitrogen and oxygen atoms in total. The summed E-state index contributed by atoms with van der Waals surface area (Å²) in [7, 11) is 6.81. The molecular weight excluding hydrogens is 364 g/mol. The van der Waals surface area contributed by atoms with Crippen LogP contribution in [0.5, 0.6) is 11.5 Å². The van der Waals surface area contributed by atoms with Gasteiger partial charge in [0.15, 0.2) is 17.5 Å². The molecule has 0 heterocycles. The zero-order valence-corrected chi connectivity index (χ0v) is 16.8. The third kappa shape index (κ3) is 5.58. The highest BCUT2D eigenvalue weighted by Gasteiger charge is 2.11. The fraction of sp³-hybridized carbons (Fsp3) is 0.381. The Morgan fingerprint density at radius 1 is 1.04 bits per heavy atom. The van der Waals surface area contributed by atoms with Crippen LogP contribution in [0.3, 0.4) is 0 Å². The average molecular weight is 391 g/mol. The molecule has 152 valence electrons. The number of ether oxygens (including phenoxy) is 2. The van der Waals surface area contributed by atoms with Gasteiger partial charge >= 0.3 is 0 Å². The molecular formula is C21H27F2N3O2. The van der Waals surface area contributed by atoms with Crippen LogP contribution in [0.1, 0.15) is 11.1 Å². The minimum Gasteiger partial charge on any atom is -0.493 e. The lowest BCUT2D eigenvalue weighted by Crippen LogP contribution is -2.40. The fourth-order valence-corrected chi connectivity index (χ4v) is 2.89. The van der Waals surface area contributed by atoms with Crippen LogP contribution in [0.4, 0.5) is 8.78 Å². The Morgan fingerprint density at radius 3 is 2.32 bits per heavy atom. The standard InChI is InChI=1S/C21H27F2N3O2/c1-24-21(25-12-10-16-17(22)6-5-7-18(16)23)26(2)13-11-15-8-9-19(27-3)20(14-15)28-4/h5-9,14H,10-13H2,1-4H3,(H,24,25). The second-order valence-corrected chi connectivity index (χ2v) is 6.29. The lowest BCUT2D eigenvalue weighted by atomic mass is 10.1. The Balaban J connectivity index is 1.89. The lowest BCUT2D eigenvalue weighted by molar-refractivity contribution is 0.354. The summed E-state index contributed by atoms with van der Waals surface area (Å²) in [6, 6.07) is 9.72. The van der Waals surface area contributed by atoms with E-state index in [0.29, 0.717) is 30.5 Å². The average Bonchev–Trinajstić information content (AvgIpc) is 2.71. The molecule has 0 aliphatic rings. The van der Waals surface area contributed by atoms with Gasteiger partial charge in [0, 0.05) is 32.7 Å². The molecule has 0 amide bonds. The Morgan fingerprint density at radius 2 is 1.71 bits per heavy atom. The largest absolute Gasteiger partial charge is 0.493 e. The summed E-state index contributed by atoms with van der Waals surface area (Å²) in [5, 5.41) is 3.15. The fourth-order valence-electron chi connectivity index (χ4n) is 2.89. The number of guanidine groups is 1. The number of nitrogens with one attached hydrogen (secondary N) is 1. The van der Waals surface area contributed by atoms with E-state index in [0.717, 1.165) is 12.0 Å². The number of benzene rings is 2. The maximum atomic E-state index is 13.7. The molecule has 0 aliphatic heterocycles. The third-order valence-corrected chi connectivity index (χ3v) is 4.48. The van der Waals surface area contributed by atoms with Crippen LogP contribution < -0.4 is 14.8 Å². The van der Waals surface area contributed by atoms with Crippen molar-refractivity contribution in [3.63, 3.8) is 0 Å². The SMILES string of the molecule is CN=C(NCCc1c(F)cccc1F)N(C)CCc1ccc(OC)c(OC)c1. The van der Waals surface area contributed by atoms with Gasteiger partial charge in [-0.1, -0.05) is 12.1 Å². The van der Waals surface area contributed by atoms with E-state index in [4.69, 9.17) is 9.47 Å². The number of hydrogen-bond acceptors (Lipinski definition) is 3. The van der Waals surface area contributed by atoms with Crippen molar-refractivity contribution in [1.29, 1.82) is 0 Å². The van der Waals surface area contributed by atoms with Crippen LogP contribution in [0.15, 0.2) is 41.4 Å². The molecule has 2 rings (SSSR count). The summed E-state index contributed by atoms with van der Waals surface area (Å²) >= 11 is 0. The molecule has 0 atom stereocenters. The molecule has 0 saturated heterocycles. The number of rotatable bonds is 8. The van der Waals surface area contributed by atoms with Gasteiger partial charge < -0.3 is 19.7 Å². The quantitative estimate of drug-likeness (QED) is 0.554. The third-order valence-electron chi connectivity index (χ3n) is 4.48. The normalized spacial score (nSPS) is 11.3. The van der Waals surface area contributed by atoms with Crippen LogP contribution in [0.25, 0.3) is 0 Å². The highest BCUT2D eigenvalue weighted by Crippen LogP contribution is 2.27. The molecule has 0 fully saturated rings. The molecule has 1 N–H and O–H groups in total. The summed E-state index contributed by atoms with van der Waals surface area (Å²) in [5.74, 6) is 0.990. The van der Waals surface area contributed by atoms with Crippen LogP contribution in [-0.2, 0) is 12.8 Å². The van der Waals surface area contributed by atoms with Crippen molar-refractivity contribution in [2.45, 2.75) is 12.8 Å². The first-order valence-corrected chi connectivity index (χ1v) is 9.05. The summed E-state index contributed by atoms with van der Waals surface area (Å²) in [6.07, 6.45) is 1.01. The van der Waals surface area contributed by atoms with E-state index in [1.165, 1.54) is 18.2 Å². The second-order valence-electron chi connectivity index (χ2n) is 6.29. The molecule has 0 aromatic heterocycles. The molecule has 0 unspecified atom stereocenters. The Bertz CT molecular complexity index is 792. The maximum Gasteiger partial charge on any atom is 0.193 e. The summed E-state index contributed by atoms with van der Waals surface area (Å²) < 4.78 is 38.0. The second kappa shape index (κ2) is 10.5. The van der Waals surface area contributed by atoms with Crippen LogP contribution in [0, 0.1) is 11.6 Å². The zero-order valence-electron chi connectivity index (χ0n) is 16.8. The number of halogens is 2. The van der Waals surface area contributed by atoms with E-state index >= 15 is 0 Å². The molecule has 2 aromatic rings. The molecule has 0 radical (unpaired) electrons. The van der Waals surface area contributed by atoms with Gasteiger partial charge in [0.2, 0.25) is 0 Å². The van der Waals surface area contributed by atoms with Crippen molar-refractivity contribution in [1.82, 2.24) is 10.2 Å². The van der Waals surface area contributed by atoms with E-state index in [9.17, 15) is 8.78 Å². The van der Waals surface area contributed by atoms with Crippen molar-refractivity contribution in [2.75, 3.05) is 41.4 Å². The molecule has 28 heavy (non-hydrogen) atoms. The minimum atomic E-state index is -0.529. The van der Waals surface area contributed by atoms with Gasteiger partial charge in [0.05, 0.1) is 14.2 Å². The van der Waals surface area contributed by atoms with Crippen LogP contribution >= 0.6 is 0 Å². The summed E-state index contributed by atoms with van der Waals surface area (Å²) in [5.41, 5.74) is 1.19. The minimum absolute atomic E-state index is 0.0819. The van der Waals surface area contributed by atoms with Gasteiger partial charge in [-0.3, -0.25) is 4.99 Å². The van der Waals surface area contributed by atoms with Gasteiger partial charge in [0.25, 0.3) is 0 Å². The first kappa shape index (κ1) is 21.5. The van der Waals surface area contributed by atoms with E-state index in [-0.39, 0.29) is 12.0 Å². The molecule has 0 saturated carbocycles. The van der Waals surface area contributed by atoms with Gasteiger partial charge in [0.1, 0.15) is 11.6 Å². The van der Waals surface area contributed by atoms with Crippen molar-refractivity contribution < 1.29 is 18.3 Å². The first-order chi connectivity index (χ1) is 13.5. The Hall–Kier alpha value is -2.83. The van der Waals surface area contributed by atoms with E-state index in [2.05, 4.69) is 10.3 Å². The molecule has 0 aliphatic carbocycles. The zero-order chi connectivity index (χ0) is 20.5. The predicted octanol–water partition coefficient (Wildman–Crippen LogP) is 3.27. The monoisotopic (exact) mass is 391 g/mol. The van der Waals surface area contributed by atoms with Crippen LogP contribution in [0.2, 0.25) is 0 Å². The maximum absolute atomic E-state index is 13.7. The number of likely N-dealkylation sites (N-methyl/N-ethyl adjacent to an activating group) is 1. The smallest absolute Gasteiger partial charge is 0.193 e. The number of aliphatic imine (C=N–C) groups is 1. The summed E-state index contributed by atoms with van der Waals surface area (Å²) in [6.45, 7) is 1.09. The number of hydrogen-bond donors (Lipinski definition) is 1. The van der Waals surface area contributed by atoms with Crippen molar-refractivity contribution in [3.8, 4) is 11.5 Å². The number of methoxy groups -OCH3 is 2. The molecule has 0 bridgehead atoms. The summed E-state index contributed by atoms with van der Waals surface area (Å²) in [4.78, 5) is 6.20. The van der Waals surface area contributed by atoms with Crippen molar-refractivity contribution in [2.24, 2.45) is 4.99 Å². The molecule has 0 spiro atoms. The van der Waals surface area contributed by atoms with Gasteiger partial charge in [-0.05, 0) is 42.7 Å². The van der Waals surface area contributed by atoms with E-state index in [1.54, 1.807) is 21.3 Å². The van der Waals surface area contributed by atoms with Crippen molar-refractivity contribution >= 4 is 5.96 Å². The van der Waals surface area contributed by atoms with E-state index in [1.807, 2.05) is 30.1 Å². The first-order valence-electron chi connectivity index (χ1n) is 9.05. The highest BCUT2D eigenvalue weighted by molar-refractivity contribution is 5.79. The van der Waals surface area contributed by atoms with Crippen molar-refractivity contribution in [3.05, 3.63) is 59.2 Å². The van der Waals surface area contributed by atoms with Gasteiger partial charge in [-0.25, -0.2) is 8.78 Å². The Kier molecular flexibility index (Phi) is 8.04. The Labute approximate surface area is 165 Å². The van der Waals surface area contributed by atoms with E-state index < -0.39 is 11.6 Å². The van der Waals surface area contributed by atoms with Gasteiger partial charge in [-0.2, -0.15) is 0 Å². The van der Waals surface area contributed by atoms with Crippen LogP contribution in [-0.4, -0.2) is 52.3 Å². The highest BCUT2D eigenvalue weighted by atomic mass is 19.1.